The topological polar surface area (TPSA) is 63.6 Å². The molecule has 1 aromatic carbocycles. The van der Waals surface area contributed by atoms with Gasteiger partial charge >= 0.3 is 0 Å². The molecule has 25 heavy (non-hydrogen) atoms. The molecule has 2 aliphatic carbocycles. The molecule has 1 spiro atoms. The highest BCUT2D eigenvalue weighted by Crippen LogP contribution is 2.60. The van der Waals surface area contributed by atoms with Gasteiger partial charge in [-0.05, 0) is 36.5 Å². The molecule has 3 heterocycles. The molecule has 0 saturated heterocycles. The van der Waals surface area contributed by atoms with E-state index < -0.39 is 0 Å². The molecule has 0 bridgehead atoms. The lowest BCUT2D eigenvalue weighted by Gasteiger charge is -2.48. The van der Waals surface area contributed by atoms with Crippen molar-refractivity contribution in [2.24, 2.45) is 5.92 Å². The second-order valence-electron chi connectivity index (χ2n) is 6.54. The summed E-state index contributed by atoms with van der Waals surface area (Å²) in [4.78, 5) is 15.7. The van der Waals surface area contributed by atoms with E-state index >= 15 is 0 Å². The SMILES string of the molecule is C1=CC2CCC23C(=C1)Nc1ccccc13.[HH].c1cnc2ncncc2n1. The molecule has 1 N–H and O–H groups in total. The van der Waals surface area contributed by atoms with Gasteiger partial charge in [-0.15, -0.1) is 0 Å². The van der Waals surface area contributed by atoms with Crippen LogP contribution in [0.2, 0.25) is 0 Å². The Balaban J connectivity index is 0.000000135. The minimum Gasteiger partial charge on any atom is -0.358 e. The molecule has 1 saturated carbocycles. The van der Waals surface area contributed by atoms with Gasteiger partial charge in [-0.1, -0.05) is 30.4 Å². The number of nitrogens with one attached hydrogen (secondary N) is 1. The molecule has 6 rings (SSSR count). The molecule has 2 aromatic heterocycles. The third-order valence-corrected chi connectivity index (χ3v) is 5.40. The van der Waals surface area contributed by atoms with E-state index in [1.54, 1.807) is 18.6 Å². The van der Waals surface area contributed by atoms with Crippen molar-refractivity contribution in [2.75, 3.05) is 5.32 Å². The predicted molar refractivity (Wildman–Crippen MR) is 98.9 cm³/mol. The number of para-hydroxylation sites is 1. The summed E-state index contributed by atoms with van der Waals surface area (Å²) < 4.78 is 0. The molecule has 5 heteroatoms. The molecule has 0 amide bonds. The first kappa shape index (κ1) is 14.3. The first-order valence-corrected chi connectivity index (χ1v) is 8.50. The summed E-state index contributed by atoms with van der Waals surface area (Å²) in [6.45, 7) is 0. The Morgan fingerprint density at radius 2 is 2.04 bits per heavy atom. The smallest absolute Gasteiger partial charge is 0.181 e. The summed E-state index contributed by atoms with van der Waals surface area (Å²) in [5.74, 6) is 0.730. The van der Waals surface area contributed by atoms with E-state index in [0.29, 0.717) is 11.1 Å². The maximum absolute atomic E-state index is 3.99. The predicted octanol–water partition coefficient (Wildman–Crippen LogP) is 3.88. The van der Waals surface area contributed by atoms with Crippen LogP contribution >= 0.6 is 0 Å². The van der Waals surface area contributed by atoms with Crippen LogP contribution in [0.1, 0.15) is 19.8 Å². The van der Waals surface area contributed by atoms with E-state index in [4.69, 9.17) is 0 Å². The molecule has 3 aliphatic rings. The summed E-state index contributed by atoms with van der Waals surface area (Å²) in [5.41, 5.74) is 5.93. The van der Waals surface area contributed by atoms with Crippen LogP contribution in [0.3, 0.4) is 0 Å². The minimum absolute atomic E-state index is 0. The van der Waals surface area contributed by atoms with Crippen LogP contribution in [0, 0.1) is 5.92 Å². The quantitative estimate of drug-likeness (QED) is 0.678. The lowest BCUT2D eigenvalue weighted by atomic mass is 9.55. The largest absolute Gasteiger partial charge is 0.358 e. The molecular weight excluding hydrogens is 310 g/mol. The minimum atomic E-state index is 0. The van der Waals surface area contributed by atoms with Gasteiger partial charge in [0.15, 0.2) is 5.65 Å². The molecule has 0 radical (unpaired) electrons. The van der Waals surface area contributed by atoms with Crippen molar-refractivity contribution in [3.05, 3.63) is 78.7 Å². The maximum atomic E-state index is 3.99. The van der Waals surface area contributed by atoms with Crippen molar-refractivity contribution in [2.45, 2.75) is 18.3 Å². The van der Waals surface area contributed by atoms with Crippen molar-refractivity contribution in [1.29, 1.82) is 0 Å². The van der Waals surface area contributed by atoms with E-state index in [1.165, 1.54) is 36.1 Å². The third-order valence-electron chi connectivity index (χ3n) is 5.40. The Morgan fingerprint density at radius 3 is 2.92 bits per heavy atom. The zero-order chi connectivity index (χ0) is 16.7. The van der Waals surface area contributed by atoms with Crippen LogP contribution in [0.4, 0.5) is 5.69 Å². The number of anilines is 1. The molecule has 2 unspecified atom stereocenters. The van der Waals surface area contributed by atoms with E-state index in [9.17, 15) is 0 Å². The fourth-order valence-electron chi connectivity index (χ4n) is 4.11. The number of benzene rings is 1. The molecular formula is C20H19N5. The average Bonchev–Trinajstić information content (AvgIpc) is 3.01. The van der Waals surface area contributed by atoms with Gasteiger partial charge < -0.3 is 5.32 Å². The summed E-state index contributed by atoms with van der Waals surface area (Å²) in [7, 11) is 0. The van der Waals surface area contributed by atoms with Gasteiger partial charge in [0.25, 0.3) is 0 Å². The normalized spacial score (nSPS) is 24.6. The van der Waals surface area contributed by atoms with Gasteiger partial charge in [-0.3, -0.25) is 0 Å². The Morgan fingerprint density at radius 1 is 1.12 bits per heavy atom. The molecule has 3 aromatic rings. The molecule has 5 nitrogen and oxygen atoms in total. The molecule has 1 aliphatic heterocycles. The van der Waals surface area contributed by atoms with Gasteiger partial charge in [0, 0.05) is 30.6 Å². The highest BCUT2D eigenvalue weighted by Gasteiger charge is 2.54. The average molecular weight is 329 g/mol. The number of nitrogens with zero attached hydrogens (tertiary/aromatic N) is 4. The van der Waals surface area contributed by atoms with Crippen molar-refractivity contribution in [1.82, 2.24) is 19.9 Å². The fourth-order valence-corrected chi connectivity index (χ4v) is 4.11. The van der Waals surface area contributed by atoms with E-state index in [0.717, 1.165) is 11.4 Å². The summed E-state index contributed by atoms with van der Waals surface area (Å²) in [5, 5.41) is 3.57. The van der Waals surface area contributed by atoms with Crippen LogP contribution < -0.4 is 5.32 Å². The highest BCUT2D eigenvalue weighted by molar-refractivity contribution is 5.71. The third kappa shape index (κ3) is 2.09. The summed E-state index contributed by atoms with van der Waals surface area (Å²) in [6.07, 6.45) is 15.8. The zero-order valence-electron chi connectivity index (χ0n) is 13.6. The van der Waals surface area contributed by atoms with Crippen molar-refractivity contribution in [3.8, 4) is 0 Å². The maximum Gasteiger partial charge on any atom is 0.181 e. The van der Waals surface area contributed by atoms with Crippen LogP contribution in [-0.4, -0.2) is 19.9 Å². The van der Waals surface area contributed by atoms with Gasteiger partial charge in [0.05, 0.1) is 6.20 Å². The lowest BCUT2D eigenvalue weighted by Crippen LogP contribution is -2.44. The number of allylic oxidation sites excluding steroid dienone is 4. The Labute approximate surface area is 147 Å². The van der Waals surface area contributed by atoms with Gasteiger partial charge in [-0.25, -0.2) is 19.9 Å². The van der Waals surface area contributed by atoms with E-state index in [-0.39, 0.29) is 1.43 Å². The van der Waals surface area contributed by atoms with Gasteiger partial charge in [-0.2, -0.15) is 0 Å². The first-order valence-electron chi connectivity index (χ1n) is 8.50. The van der Waals surface area contributed by atoms with Crippen molar-refractivity contribution < 1.29 is 1.43 Å². The first-order chi connectivity index (χ1) is 12.4. The number of aromatic nitrogens is 4. The summed E-state index contributed by atoms with van der Waals surface area (Å²) >= 11 is 0. The van der Waals surface area contributed by atoms with Crippen LogP contribution in [0.25, 0.3) is 11.2 Å². The number of hydrogen-bond acceptors (Lipinski definition) is 5. The van der Waals surface area contributed by atoms with Crippen molar-refractivity contribution in [3.63, 3.8) is 0 Å². The van der Waals surface area contributed by atoms with E-state index in [1.807, 2.05) is 0 Å². The second kappa shape index (κ2) is 5.48. The van der Waals surface area contributed by atoms with Gasteiger partial charge in [0.1, 0.15) is 11.8 Å². The Hall–Kier alpha value is -3.08. The Bertz CT molecular complexity index is 950. The molecule has 124 valence electrons. The molecule has 2 atom stereocenters. The van der Waals surface area contributed by atoms with Crippen LogP contribution in [-0.2, 0) is 5.41 Å². The second-order valence-corrected chi connectivity index (χ2v) is 6.54. The number of hydrogen-bond donors (Lipinski definition) is 1. The standard InChI is InChI=1S/C14H13N.C6H4N4.H2/c1-2-6-12-11(5-1)14-9-8-10(14)4-3-7-13(14)15-12;1-2-9-6-5(8-1)3-7-4-10-6;/h1-7,10,15H,8-9H2;1-4H;1H. The monoisotopic (exact) mass is 329 g/mol. The van der Waals surface area contributed by atoms with Crippen LogP contribution in [0.15, 0.2) is 73.1 Å². The number of rotatable bonds is 0. The number of fused-ring (bicyclic) bond motifs is 2. The zero-order valence-corrected chi connectivity index (χ0v) is 13.6. The Kier molecular flexibility index (Phi) is 3.13. The van der Waals surface area contributed by atoms with E-state index in [2.05, 4.69) is 67.7 Å². The van der Waals surface area contributed by atoms with Gasteiger partial charge in [0.2, 0.25) is 0 Å². The van der Waals surface area contributed by atoms with Crippen LogP contribution in [0.5, 0.6) is 0 Å². The highest BCUT2D eigenvalue weighted by atomic mass is 15.0. The summed E-state index contributed by atoms with van der Waals surface area (Å²) in [6, 6.07) is 8.75. The van der Waals surface area contributed by atoms with Crippen molar-refractivity contribution >= 4 is 16.9 Å². The molecule has 1 fully saturated rings. The fraction of sp³-hybridized carbons (Fsp3) is 0.200. The lowest BCUT2D eigenvalue weighted by molar-refractivity contribution is 0.214.